The Labute approximate surface area is 112 Å². The molecule has 0 saturated carbocycles. The zero-order chi connectivity index (χ0) is 14.3. The Kier molecular flexibility index (Phi) is 5.85. The van der Waals surface area contributed by atoms with Crippen LogP contribution in [-0.2, 0) is 16.0 Å². The number of carbonyl (C=O) groups excluding carboxylic acids is 1. The van der Waals surface area contributed by atoms with Gasteiger partial charge in [-0.15, -0.1) is 0 Å². The van der Waals surface area contributed by atoms with Gasteiger partial charge < -0.3 is 15.2 Å². The van der Waals surface area contributed by atoms with Crippen molar-refractivity contribution in [2.45, 2.75) is 19.8 Å². The first-order chi connectivity index (χ1) is 9.08. The van der Waals surface area contributed by atoms with Crippen LogP contribution in [0.4, 0.5) is 0 Å². The van der Waals surface area contributed by atoms with E-state index in [-0.39, 0.29) is 0 Å². The Hall–Kier alpha value is -2.04. The summed E-state index contributed by atoms with van der Waals surface area (Å²) >= 11 is 0. The van der Waals surface area contributed by atoms with Crippen molar-refractivity contribution in [2.75, 3.05) is 13.7 Å². The van der Waals surface area contributed by atoms with Gasteiger partial charge in [-0.25, -0.2) is 0 Å². The molecule has 0 aliphatic rings. The lowest BCUT2D eigenvalue weighted by molar-refractivity contribution is -0.147. The van der Waals surface area contributed by atoms with Gasteiger partial charge in [0.15, 0.2) is 0 Å². The maximum Gasteiger partial charge on any atom is 0.316 e. The Morgan fingerprint density at radius 2 is 1.95 bits per heavy atom. The quantitative estimate of drug-likeness (QED) is 0.732. The molecule has 0 aliphatic heterocycles. The van der Waals surface area contributed by atoms with E-state index in [0.717, 1.165) is 11.3 Å². The molecule has 2 N–H and O–H groups in total. The van der Waals surface area contributed by atoms with Gasteiger partial charge in [0.2, 0.25) is 5.91 Å². The van der Waals surface area contributed by atoms with Crippen molar-refractivity contribution in [2.24, 2.45) is 5.92 Å². The van der Waals surface area contributed by atoms with E-state index < -0.39 is 17.8 Å². The highest BCUT2D eigenvalue weighted by Crippen LogP contribution is 2.11. The normalized spacial score (nSPS) is 11.7. The molecule has 1 amide bonds. The maximum atomic E-state index is 11.6. The summed E-state index contributed by atoms with van der Waals surface area (Å²) in [7, 11) is 1.60. The van der Waals surface area contributed by atoms with E-state index in [0.29, 0.717) is 19.4 Å². The van der Waals surface area contributed by atoms with Crippen molar-refractivity contribution in [3.63, 3.8) is 0 Å². The zero-order valence-electron chi connectivity index (χ0n) is 11.2. The summed E-state index contributed by atoms with van der Waals surface area (Å²) in [6.45, 7) is 2.11. The number of carboxylic acids is 1. The monoisotopic (exact) mass is 265 g/mol. The molecule has 0 heterocycles. The zero-order valence-corrected chi connectivity index (χ0v) is 11.2. The van der Waals surface area contributed by atoms with E-state index in [1.165, 1.54) is 0 Å². The van der Waals surface area contributed by atoms with Crippen LogP contribution >= 0.6 is 0 Å². The standard InChI is InChI=1S/C14H19NO4/c1-3-12(14(17)18)13(16)15-9-8-10-4-6-11(19-2)7-5-10/h4-7,12H,3,8-9H2,1-2H3,(H,15,16)(H,17,18). The van der Waals surface area contributed by atoms with E-state index in [9.17, 15) is 9.59 Å². The van der Waals surface area contributed by atoms with Gasteiger partial charge in [0, 0.05) is 6.54 Å². The van der Waals surface area contributed by atoms with Crippen LogP contribution in [0.15, 0.2) is 24.3 Å². The largest absolute Gasteiger partial charge is 0.497 e. The molecule has 0 spiro atoms. The van der Waals surface area contributed by atoms with Gasteiger partial charge in [0.05, 0.1) is 7.11 Å². The molecule has 5 nitrogen and oxygen atoms in total. The van der Waals surface area contributed by atoms with Crippen molar-refractivity contribution in [1.29, 1.82) is 0 Å². The smallest absolute Gasteiger partial charge is 0.316 e. The van der Waals surface area contributed by atoms with Crippen molar-refractivity contribution in [3.05, 3.63) is 29.8 Å². The number of benzene rings is 1. The second kappa shape index (κ2) is 7.41. The molecule has 1 aromatic rings. The van der Waals surface area contributed by atoms with Gasteiger partial charge in [0.1, 0.15) is 11.7 Å². The van der Waals surface area contributed by atoms with E-state index >= 15 is 0 Å². The van der Waals surface area contributed by atoms with Crippen LogP contribution in [0.1, 0.15) is 18.9 Å². The minimum Gasteiger partial charge on any atom is -0.497 e. The molecule has 0 aromatic heterocycles. The SMILES string of the molecule is CCC(C(=O)O)C(=O)NCCc1ccc(OC)cc1. The molecule has 104 valence electrons. The fourth-order valence-electron chi connectivity index (χ4n) is 1.72. The van der Waals surface area contributed by atoms with Crippen LogP contribution in [0.25, 0.3) is 0 Å². The highest BCUT2D eigenvalue weighted by Gasteiger charge is 2.23. The number of carbonyl (C=O) groups is 2. The molecule has 5 heteroatoms. The Balaban J connectivity index is 2.40. The highest BCUT2D eigenvalue weighted by molar-refractivity contribution is 5.96. The minimum absolute atomic E-state index is 0.295. The van der Waals surface area contributed by atoms with Gasteiger partial charge in [-0.05, 0) is 30.5 Å². The first-order valence-electron chi connectivity index (χ1n) is 6.22. The molecule has 0 radical (unpaired) electrons. The van der Waals surface area contributed by atoms with Gasteiger partial charge in [0.25, 0.3) is 0 Å². The Morgan fingerprint density at radius 3 is 2.42 bits per heavy atom. The predicted octanol–water partition coefficient (Wildman–Crippen LogP) is 1.46. The lowest BCUT2D eigenvalue weighted by Crippen LogP contribution is -2.36. The van der Waals surface area contributed by atoms with E-state index in [4.69, 9.17) is 9.84 Å². The molecule has 1 aromatic carbocycles. The van der Waals surface area contributed by atoms with Crippen LogP contribution in [-0.4, -0.2) is 30.6 Å². The summed E-state index contributed by atoms with van der Waals surface area (Å²) in [6, 6.07) is 7.53. The van der Waals surface area contributed by atoms with E-state index in [1.54, 1.807) is 14.0 Å². The molecule has 1 unspecified atom stereocenters. The van der Waals surface area contributed by atoms with Crippen molar-refractivity contribution in [3.8, 4) is 5.75 Å². The summed E-state index contributed by atoms with van der Waals surface area (Å²) in [5.41, 5.74) is 1.06. The summed E-state index contributed by atoms with van der Waals surface area (Å²) in [4.78, 5) is 22.4. The number of methoxy groups -OCH3 is 1. The van der Waals surface area contributed by atoms with Crippen molar-refractivity contribution < 1.29 is 19.4 Å². The lowest BCUT2D eigenvalue weighted by Gasteiger charge is -2.10. The topological polar surface area (TPSA) is 75.6 Å². The van der Waals surface area contributed by atoms with Crippen LogP contribution in [0.3, 0.4) is 0 Å². The van der Waals surface area contributed by atoms with Gasteiger partial charge in [-0.2, -0.15) is 0 Å². The molecule has 0 aliphatic carbocycles. The second-order valence-corrected chi connectivity index (χ2v) is 4.19. The molecular formula is C14H19NO4. The average molecular weight is 265 g/mol. The lowest BCUT2D eigenvalue weighted by atomic mass is 10.1. The van der Waals surface area contributed by atoms with Crippen LogP contribution in [0.5, 0.6) is 5.75 Å². The summed E-state index contributed by atoms with van der Waals surface area (Å²) in [5, 5.41) is 11.5. The van der Waals surface area contributed by atoms with Gasteiger partial charge >= 0.3 is 5.97 Å². The summed E-state index contributed by atoms with van der Waals surface area (Å²) < 4.78 is 5.05. The fourth-order valence-corrected chi connectivity index (χ4v) is 1.72. The van der Waals surface area contributed by atoms with Crippen LogP contribution in [0, 0.1) is 5.92 Å². The third kappa shape index (κ3) is 4.62. The maximum absolute atomic E-state index is 11.6. The number of aliphatic carboxylic acids is 1. The molecule has 19 heavy (non-hydrogen) atoms. The predicted molar refractivity (Wildman–Crippen MR) is 71.1 cm³/mol. The van der Waals surface area contributed by atoms with Gasteiger partial charge in [-0.3, -0.25) is 9.59 Å². The van der Waals surface area contributed by atoms with Crippen LogP contribution in [0.2, 0.25) is 0 Å². The fraction of sp³-hybridized carbons (Fsp3) is 0.429. The molecular weight excluding hydrogens is 246 g/mol. The number of hydrogen-bond donors (Lipinski definition) is 2. The summed E-state index contributed by atoms with van der Waals surface area (Å²) in [6.07, 6.45) is 0.954. The third-order valence-electron chi connectivity index (χ3n) is 2.89. The van der Waals surface area contributed by atoms with Crippen molar-refractivity contribution >= 4 is 11.9 Å². The molecule has 0 bridgehead atoms. The van der Waals surface area contributed by atoms with Crippen LogP contribution < -0.4 is 10.1 Å². The number of nitrogens with one attached hydrogen (secondary N) is 1. The van der Waals surface area contributed by atoms with Gasteiger partial charge in [-0.1, -0.05) is 19.1 Å². The van der Waals surface area contributed by atoms with E-state index in [2.05, 4.69) is 5.32 Å². The Morgan fingerprint density at radius 1 is 1.32 bits per heavy atom. The number of hydrogen-bond acceptors (Lipinski definition) is 3. The number of amides is 1. The molecule has 1 atom stereocenters. The first-order valence-corrected chi connectivity index (χ1v) is 6.22. The molecule has 1 rings (SSSR count). The number of ether oxygens (including phenoxy) is 1. The average Bonchev–Trinajstić information content (AvgIpc) is 2.40. The Bertz CT molecular complexity index is 428. The van der Waals surface area contributed by atoms with Crippen molar-refractivity contribution in [1.82, 2.24) is 5.32 Å². The third-order valence-corrected chi connectivity index (χ3v) is 2.89. The number of carboxylic acid groups (broad SMARTS) is 1. The minimum atomic E-state index is -1.08. The second-order valence-electron chi connectivity index (χ2n) is 4.19. The molecule has 0 saturated heterocycles. The summed E-state index contributed by atoms with van der Waals surface area (Å²) in [5.74, 6) is -1.69. The van der Waals surface area contributed by atoms with E-state index in [1.807, 2.05) is 24.3 Å². The molecule has 0 fully saturated rings. The highest BCUT2D eigenvalue weighted by atomic mass is 16.5. The number of rotatable bonds is 7. The first kappa shape index (κ1) is 15.0.